The zero-order chi connectivity index (χ0) is 18.2. The lowest BCUT2D eigenvalue weighted by Gasteiger charge is -2.16. The molecule has 2 aliphatic heterocycles. The number of likely N-dealkylation sites (N-methyl/N-ethyl adjacent to an activating group) is 2. The minimum atomic E-state index is 0. The summed E-state index contributed by atoms with van der Waals surface area (Å²) in [5.74, 6) is 1.04. The molecule has 28 heavy (non-hydrogen) atoms. The van der Waals surface area contributed by atoms with Crippen molar-refractivity contribution in [1.29, 1.82) is 0 Å². The number of nitrogens with one attached hydrogen (secondary N) is 2. The van der Waals surface area contributed by atoms with E-state index in [0.29, 0.717) is 23.9 Å². The van der Waals surface area contributed by atoms with Crippen molar-refractivity contribution >= 4 is 24.8 Å². The Morgan fingerprint density at radius 3 is 1.29 bits per heavy atom. The molecule has 156 valence electrons. The Morgan fingerprint density at radius 2 is 0.964 bits per heavy atom. The maximum Gasteiger partial charge on any atom is 0.0626 e. The molecular formula is C22H32Cl2N2O2. The number of benzene rings is 2. The third kappa shape index (κ3) is 6.45. The standard InChI is InChI=1S/2C11H15NO.2ClH/c2*1-12-11-8-13-7-10(11)9-5-3-2-4-6-9;;/h2*2-6,10-12H,7-8H2,1H3;2*1H/t2*10-,11-;;/m10../s1. The molecule has 4 atom stereocenters. The van der Waals surface area contributed by atoms with E-state index < -0.39 is 0 Å². The largest absolute Gasteiger partial charge is 0.379 e. The lowest BCUT2D eigenvalue weighted by atomic mass is 9.95. The Balaban J connectivity index is 0.000000261. The number of hydrogen-bond acceptors (Lipinski definition) is 4. The van der Waals surface area contributed by atoms with Crippen LogP contribution in [0.4, 0.5) is 0 Å². The highest BCUT2D eigenvalue weighted by molar-refractivity contribution is 5.85. The summed E-state index contributed by atoms with van der Waals surface area (Å²) in [6.07, 6.45) is 0. The fraction of sp³-hybridized carbons (Fsp3) is 0.455. The molecule has 2 saturated heterocycles. The molecular weight excluding hydrogens is 395 g/mol. The Kier molecular flexibility index (Phi) is 11.7. The van der Waals surface area contributed by atoms with Crippen LogP contribution in [-0.4, -0.2) is 52.6 Å². The molecule has 2 aliphatic rings. The van der Waals surface area contributed by atoms with Crippen molar-refractivity contribution in [2.45, 2.75) is 23.9 Å². The van der Waals surface area contributed by atoms with Gasteiger partial charge in [0.15, 0.2) is 0 Å². The van der Waals surface area contributed by atoms with Crippen LogP contribution < -0.4 is 10.6 Å². The second-order valence-electron chi connectivity index (χ2n) is 6.90. The van der Waals surface area contributed by atoms with E-state index in [1.807, 2.05) is 26.2 Å². The van der Waals surface area contributed by atoms with Gasteiger partial charge in [-0.25, -0.2) is 0 Å². The highest BCUT2D eigenvalue weighted by Gasteiger charge is 2.28. The van der Waals surface area contributed by atoms with E-state index in [1.165, 1.54) is 11.1 Å². The second-order valence-corrected chi connectivity index (χ2v) is 6.90. The van der Waals surface area contributed by atoms with Gasteiger partial charge in [-0.15, -0.1) is 24.8 Å². The SMILES string of the molecule is CN[C@@H]1COC[C@@H]1c1ccccc1.CN[C@H]1COC[C@H]1c1ccccc1.Cl.Cl. The summed E-state index contributed by atoms with van der Waals surface area (Å²) < 4.78 is 10.9. The van der Waals surface area contributed by atoms with Crippen LogP contribution in [0.15, 0.2) is 60.7 Å². The fourth-order valence-corrected chi connectivity index (χ4v) is 3.74. The average Bonchev–Trinajstić information content (AvgIpc) is 3.39. The van der Waals surface area contributed by atoms with Crippen LogP contribution in [0.2, 0.25) is 0 Å². The van der Waals surface area contributed by atoms with E-state index in [-0.39, 0.29) is 24.8 Å². The van der Waals surface area contributed by atoms with E-state index in [1.54, 1.807) is 0 Å². The minimum absolute atomic E-state index is 0. The molecule has 4 rings (SSSR count). The van der Waals surface area contributed by atoms with Gasteiger partial charge in [-0.2, -0.15) is 0 Å². The zero-order valence-corrected chi connectivity index (χ0v) is 18.2. The molecule has 0 radical (unpaired) electrons. The van der Waals surface area contributed by atoms with E-state index in [0.717, 1.165) is 26.4 Å². The molecule has 0 saturated carbocycles. The maximum absolute atomic E-state index is 5.45. The van der Waals surface area contributed by atoms with Crippen molar-refractivity contribution in [3.05, 3.63) is 71.8 Å². The first-order chi connectivity index (χ1) is 12.8. The third-order valence-electron chi connectivity index (χ3n) is 5.36. The van der Waals surface area contributed by atoms with Gasteiger partial charge < -0.3 is 20.1 Å². The molecule has 0 amide bonds. The summed E-state index contributed by atoms with van der Waals surface area (Å²) in [6, 6.07) is 22.1. The van der Waals surface area contributed by atoms with Crippen LogP contribution >= 0.6 is 24.8 Å². The lowest BCUT2D eigenvalue weighted by molar-refractivity contribution is 0.188. The molecule has 2 aromatic rings. The molecule has 2 aromatic carbocycles. The monoisotopic (exact) mass is 426 g/mol. The van der Waals surface area contributed by atoms with E-state index >= 15 is 0 Å². The molecule has 2 fully saturated rings. The third-order valence-corrected chi connectivity index (χ3v) is 5.36. The number of rotatable bonds is 4. The second kappa shape index (κ2) is 13.2. The van der Waals surface area contributed by atoms with Crippen molar-refractivity contribution in [2.24, 2.45) is 0 Å². The first-order valence-corrected chi connectivity index (χ1v) is 9.43. The molecule has 0 aliphatic carbocycles. The number of hydrogen-bond donors (Lipinski definition) is 2. The highest BCUT2D eigenvalue weighted by Crippen LogP contribution is 2.25. The van der Waals surface area contributed by atoms with Crippen molar-refractivity contribution in [1.82, 2.24) is 10.6 Å². The van der Waals surface area contributed by atoms with E-state index in [4.69, 9.17) is 9.47 Å². The molecule has 6 heteroatoms. The molecule has 4 nitrogen and oxygen atoms in total. The quantitative estimate of drug-likeness (QED) is 0.783. The predicted octanol–water partition coefficient (Wildman–Crippen LogP) is 3.62. The number of ether oxygens (including phenoxy) is 2. The highest BCUT2D eigenvalue weighted by atomic mass is 35.5. The minimum Gasteiger partial charge on any atom is -0.379 e. The normalized spacial score (nSPS) is 25.8. The first-order valence-electron chi connectivity index (χ1n) is 9.43. The fourth-order valence-electron chi connectivity index (χ4n) is 3.74. The van der Waals surface area contributed by atoms with Gasteiger partial charge in [0.2, 0.25) is 0 Å². The number of halogens is 2. The molecule has 2 heterocycles. The summed E-state index contributed by atoms with van der Waals surface area (Å²) in [6.45, 7) is 3.34. The Hall–Kier alpha value is -1.14. The zero-order valence-electron chi connectivity index (χ0n) is 16.5. The van der Waals surface area contributed by atoms with Crippen LogP contribution in [0.3, 0.4) is 0 Å². The van der Waals surface area contributed by atoms with E-state index in [2.05, 4.69) is 59.2 Å². The molecule has 0 unspecified atom stereocenters. The molecule has 0 aromatic heterocycles. The van der Waals surface area contributed by atoms with Crippen LogP contribution in [0.5, 0.6) is 0 Å². The van der Waals surface area contributed by atoms with Gasteiger partial charge in [0.1, 0.15) is 0 Å². The summed E-state index contributed by atoms with van der Waals surface area (Å²) in [5.41, 5.74) is 2.75. The van der Waals surface area contributed by atoms with Gasteiger partial charge in [0.25, 0.3) is 0 Å². The van der Waals surface area contributed by atoms with Crippen molar-refractivity contribution < 1.29 is 9.47 Å². The smallest absolute Gasteiger partial charge is 0.0626 e. The summed E-state index contributed by atoms with van der Waals surface area (Å²) >= 11 is 0. The van der Waals surface area contributed by atoms with Gasteiger partial charge in [0, 0.05) is 23.9 Å². The van der Waals surface area contributed by atoms with Crippen LogP contribution in [0.1, 0.15) is 23.0 Å². The summed E-state index contributed by atoms with van der Waals surface area (Å²) in [5, 5.41) is 6.57. The van der Waals surface area contributed by atoms with Crippen molar-refractivity contribution in [3.8, 4) is 0 Å². The summed E-state index contributed by atoms with van der Waals surface area (Å²) in [7, 11) is 3.99. The van der Waals surface area contributed by atoms with Crippen molar-refractivity contribution in [3.63, 3.8) is 0 Å². The predicted molar refractivity (Wildman–Crippen MR) is 120 cm³/mol. The van der Waals surface area contributed by atoms with Crippen molar-refractivity contribution in [2.75, 3.05) is 40.5 Å². The first kappa shape index (κ1) is 24.9. The van der Waals surface area contributed by atoms with E-state index in [9.17, 15) is 0 Å². The lowest BCUT2D eigenvalue weighted by Crippen LogP contribution is -2.30. The van der Waals surface area contributed by atoms with Gasteiger partial charge in [-0.3, -0.25) is 0 Å². The molecule has 2 N–H and O–H groups in total. The Labute approximate surface area is 181 Å². The summed E-state index contributed by atoms with van der Waals surface area (Å²) in [4.78, 5) is 0. The van der Waals surface area contributed by atoms with Gasteiger partial charge in [0.05, 0.1) is 26.4 Å². The molecule has 0 spiro atoms. The van der Waals surface area contributed by atoms with Crippen LogP contribution in [0, 0.1) is 0 Å². The Bertz CT molecular complexity index is 588. The van der Waals surface area contributed by atoms with Crippen LogP contribution in [-0.2, 0) is 9.47 Å². The maximum atomic E-state index is 5.45. The average molecular weight is 427 g/mol. The van der Waals surface area contributed by atoms with Gasteiger partial charge >= 0.3 is 0 Å². The van der Waals surface area contributed by atoms with Crippen LogP contribution in [0.25, 0.3) is 0 Å². The van der Waals surface area contributed by atoms with Gasteiger partial charge in [-0.1, -0.05) is 60.7 Å². The molecule has 0 bridgehead atoms. The topological polar surface area (TPSA) is 42.5 Å². The Morgan fingerprint density at radius 1 is 0.607 bits per heavy atom. The van der Waals surface area contributed by atoms with Gasteiger partial charge in [-0.05, 0) is 25.2 Å².